The lowest BCUT2D eigenvalue weighted by atomic mass is 10.1. The average Bonchev–Trinajstić information content (AvgIpc) is 2.76. The minimum Gasteiger partial charge on any atom is -0.481 e. The summed E-state index contributed by atoms with van der Waals surface area (Å²) in [5.74, 6) is -1.13. The van der Waals surface area contributed by atoms with Crippen molar-refractivity contribution >= 4 is 24.7 Å². The Kier molecular flexibility index (Phi) is 9.23. The van der Waals surface area contributed by atoms with E-state index in [0.29, 0.717) is 13.0 Å². The molecule has 0 radical (unpaired) electrons. The first-order chi connectivity index (χ1) is 15.2. The van der Waals surface area contributed by atoms with Gasteiger partial charge in [-0.2, -0.15) is 0 Å². The van der Waals surface area contributed by atoms with Crippen molar-refractivity contribution in [1.29, 1.82) is 0 Å². The molecule has 0 spiro atoms. The number of benzene rings is 2. The van der Waals surface area contributed by atoms with Crippen LogP contribution in [-0.4, -0.2) is 38.1 Å². The van der Waals surface area contributed by atoms with Crippen molar-refractivity contribution in [2.24, 2.45) is 10.8 Å². The lowest BCUT2D eigenvalue weighted by molar-refractivity contribution is -0.138. The maximum absolute atomic E-state index is 11.1. The number of nitrogens with zero attached hydrogens (tertiary/aromatic N) is 3. The zero-order valence-electron chi connectivity index (χ0n) is 18.9. The van der Waals surface area contributed by atoms with E-state index >= 15 is 0 Å². The number of hydrogen-bond donors (Lipinski definition) is 2. The van der Waals surface area contributed by atoms with Crippen LogP contribution in [0.3, 0.4) is 0 Å². The van der Waals surface area contributed by atoms with Gasteiger partial charge < -0.3 is 15.3 Å². The van der Waals surface area contributed by atoms with Gasteiger partial charge in [0.15, 0.2) is 0 Å². The molecule has 0 aliphatic carbocycles. The van der Waals surface area contributed by atoms with Crippen molar-refractivity contribution in [2.75, 3.05) is 6.61 Å². The summed E-state index contributed by atoms with van der Waals surface area (Å²) in [6.45, 7) is 6.97. The molecule has 2 aromatic rings. The number of carbonyl (C=O) groups is 1. The predicted octanol–water partition coefficient (Wildman–Crippen LogP) is 3.99. The topological polar surface area (TPSA) is 121 Å². The van der Waals surface area contributed by atoms with E-state index in [0.717, 1.165) is 0 Å². The van der Waals surface area contributed by atoms with E-state index in [1.165, 1.54) is 10.4 Å². The van der Waals surface area contributed by atoms with Gasteiger partial charge in [0.05, 0.1) is 6.61 Å². The first-order valence-electron chi connectivity index (χ1n) is 10.7. The van der Waals surface area contributed by atoms with Crippen molar-refractivity contribution in [3.63, 3.8) is 0 Å². The Morgan fingerprint density at radius 3 is 2.12 bits per heavy atom. The van der Waals surface area contributed by atoms with Crippen LogP contribution in [0.1, 0.15) is 33.6 Å². The Bertz CT molecular complexity index is 897. The maximum Gasteiger partial charge on any atom is 0.312 e. The first kappa shape index (κ1) is 25.4. The van der Waals surface area contributed by atoms with Gasteiger partial charge in [0.1, 0.15) is 6.04 Å². The molecular weight excluding hydrogens is 420 g/mol. The highest BCUT2D eigenvalue weighted by Crippen LogP contribution is 2.36. The molecule has 2 atom stereocenters. The van der Waals surface area contributed by atoms with Crippen LogP contribution >= 0.6 is 0 Å². The molecule has 32 heavy (non-hydrogen) atoms. The molecule has 0 heterocycles. The second kappa shape index (κ2) is 11.6. The van der Waals surface area contributed by atoms with Crippen LogP contribution in [0, 0.1) is 0 Å². The standard InChI is InChI=1S/C24H32N4O3Si/c1-24(2,3)32(20-13-6-4-7-14-20,21-15-8-5-9-16-21)31-18-19(25)12-10-11-17-22(23(29)30)27-28-26/h4-10,12-16,19,22H,11,17-18,25H2,1-3H3,(H,29,30)/b12-10+/t19-,22+/m1/s1. The molecule has 0 aromatic heterocycles. The van der Waals surface area contributed by atoms with Crippen molar-refractivity contribution in [3.8, 4) is 0 Å². The number of allylic oxidation sites excluding steroid dienone is 1. The van der Waals surface area contributed by atoms with Gasteiger partial charge in [-0.1, -0.05) is 98.7 Å². The Morgan fingerprint density at radius 2 is 1.69 bits per heavy atom. The van der Waals surface area contributed by atoms with Gasteiger partial charge in [0.2, 0.25) is 0 Å². The van der Waals surface area contributed by atoms with E-state index in [-0.39, 0.29) is 17.5 Å². The van der Waals surface area contributed by atoms with E-state index in [1.54, 1.807) is 0 Å². The molecule has 0 unspecified atom stereocenters. The van der Waals surface area contributed by atoms with Crippen LogP contribution in [0.25, 0.3) is 10.4 Å². The second-order valence-corrected chi connectivity index (χ2v) is 13.0. The zero-order chi connectivity index (χ0) is 23.6. The van der Waals surface area contributed by atoms with Crippen molar-refractivity contribution in [3.05, 3.63) is 83.3 Å². The molecule has 3 N–H and O–H groups in total. The van der Waals surface area contributed by atoms with Gasteiger partial charge in [0, 0.05) is 11.0 Å². The molecule has 0 aliphatic rings. The predicted molar refractivity (Wildman–Crippen MR) is 130 cm³/mol. The van der Waals surface area contributed by atoms with E-state index in [9.17, 15) is 4.79 Å². The molecular formula is C24H32N4O3Si. The summed E-state index contributed by atoms with van der Waals surface area (Å²) in [6, 6.07) is 19.3. The number of carboxylic acids is 1. The molecule has 8 heteroatoms. The average molecular weight is 453 g/mol. The summed E-state index contributed by atoms with van der Waals surface area (Å²) < 4.78 is 6.78. The largest absolute Gasteiger partial charge is 0.481 e. The number of aliphatic carboxylic acids is 1. The Morgan fingerprint density at radius 1 is 1.16 bits per heavy atom. The number of hydrogen-bond acceptors (Lipinski definition) is 4. The third-order valence-electron chi connectivity index (χ3n) is 5.38. The van der Waals surface area contributed by atoms with Gasteiger partial charge in [0.25, 0.3) is 8.32 Å². The summed E-state index contributed by atoms with van der Waals surface area (Å²) in [4.78, 5) is 13.7. The van der Waals surface area contributed by atoms with Gasteiger partial charge in [-0.25, -0.2) is 0 Å². The Labute approximate surface area is 190 Å². The lowest BCUT2D eigenvalue weighted by Crippen LogP contribution is -2.67. The summed E-state index contributed by atoms with van der Waals surface area (Å²) in [5, 5.41) is 14.6. The maximum atomic E-state index is 11.1. The van der Waals surface area contributed by atoms with Gasteiger partial charge in [-0.3, -0.25) is 4.79 Å². The molecule has 0 fully saturated rings. The van der Waals surface area contributed by atoms with Crippen LogP contribution in [-0.2, 0) is 9.22 Å². The molecule has 7 nitrogen and oxygen atoms in total. The van der Waals surface area contributed by atoms with E-state index < -0.39 is 20.3 Å². The molecule has 0 aliphatic heterocycles. The molecule has 170 valence electrons. The highest BCUT2D eigenvalue weighted by Gasteiger charge is 2.50. The summed E-state index contributed by atoms with van der Waals surface area (Å²) in [7, 11) is -2.65. The molecule has 0 saturated heterocycles. The van der Waals surface area contributed by atoms with Crippen molar-refractivity contribution < 1.29 is 14.3 Å². The third-order valence-corrected chi connectivity index (χ3v) is 10.4. The molecule has 2 aromatic carbocycles. The summed E-state index contributed by atoms with van der Waals surface area (Å²) in [5.41, 5.74) is 14.8. The monoisotopic (exact) mass is 452 g/mol. The smallest absolute Gasteiger partial charge is 0.312 e. The Balaban J connectivity index is 2.21. The quantitative estimate of drug-likeness (QED) is 0.176. The number of nitrogens with two attached hydrogens (primary N) is 1. The van der Waals surface area contributed by atoms with E-state index in [4.69, 9.17) is 20.8 Å². The molecule has 0 bridgehead atoms. The third kappa shape index (κ3) is 6.31. The highest BCUT2D eigenvalue weighted by molar-refractivity contribution is 6.99. The fourth-order valence-corrected chi connectivity index (χ4v) is 8.45. The van der Waals surface area contributed by atoms with E-state index in [1.807, 2.05) is 48.6 Å². The van der Waals surface area contributed by atoms with Gasteiger partial charge in [-0.15, -0.1) is 0 Å². The first-order valence-corrected chi connectivity index (χ1v) is 12.6. The van der Waals surface area contributed by atoms with Gasteiger partial charge in [-0.05, 0) is 33.8 Å². The fourth-order valence-electron chi connectivity index (χ4n) is 3.86. The zero-order valence-corrected chi connectivity index (χ0v) is 19.9. The van der Waals surface area contributed by atoms with Crippen LogP contribution in [0.15, 0.2) is 77.9 Å². The molecule has 2 rings (SSSR count). The lowest BCUT2D eigenvalue weighted by Gasteiger charge is -2.43. The molecule has 0 amide bonds. The van der Waals surface area contributed by atoms with Crippen molar-refractivity contribution in [1.82, 2.24) is 0 Å². The minimum atomic E-state index is -2.65. The van der Waals surface area contributed by atoms with Crippen LogP contribution < -0.4 is 16.1 Å². The van der Waals surface area contributed by atoms with Crippen LogP contribution in [0.2, 0.25) is 5.04 Å². The van der Waals surface area contributed by atoms with Crippen molar-refractivity contribution in [2.45, 2.75) is 50.7 Å². The van der Waals surface area contributed by atoms with E-state index in [2.05, 4.69) is 55.1 Å². The Hall–Kier alpha value is -2.90. The summed E-state index contributed by atoms with van der Waals surface area (Å²) in [6.07, 6.45) is 4.32. The number of carboxylic acid groups (broad SMARTS) is 1. The minimum absolute atomic E-state index is 0.136. The SMILES string of the molecule is CC(C)(C)[Si](OC[C@H](N)/C=C/CC[C@H](N=[N+]=[N-])C(=O)O)(c1ccccc1)c1ccccc1. The van der Waals surface area contributed by atoms with Crippen LogP contribution in [0.4, 0.5) is 0 Å². The van der Waals surface area contributed by atoms with Gasteiger partial charge >= 0.3 is 5.97 Å². The number of rotatable bonds is 11. The fraction of sp³-hybridized carbons (Fsp3) is 0.375. The highest BCUT2D eigenvalue weighted by atomic mass is 28.4. The normalized spacial score (nSPS) is 14.0. The number of azide groups is 1. The summed E-state index contributed by atoms with van der Waals surface area (Å²) >= 11 is 0. The van der Waals surface area contributed by atoms with Crippen LogP contribution in [0.5, 0.6) is 0 Å². The molecule has 0 saturated carbocycles. The second-order valence-electron chi connectivity index (χ2n) is 8.70.